The van der Waals surface area contributed by atoms with Gasteiger partial charge in [0.2, 0.25) is 29.5 Å². The first-order chi connectivity index (χ1) is 28.1. The van der Waals surface area contributed by atoms with Crippen LogP contribution in [-0.2, 0) is 36.8 Å². The zero-order chi connectivity index (χ0) is 42.8. The van der Waals surface area contributed by atoms with E-state index in [0.717, 1.165) is 22.7 Å². The lowest BCUT2D eigenvalue weighted by atomic mass is 9.99. The number of carbonyl (C=O) groups is 6. The van der Waals surface area contributed by atoms with Crippen molar-refractivity contribution >= 4 is 46.3 Å². The van der Waals surface area contributed by atoms with Crippen LogP contribution in [0.1, 0.15) is 62.7 Å². The molecule has 0 spiro atoms. The van der Waals surface area contributed by atoms with E-state index in [4.69, 9.17) is 4.74 Å². The van der Waals surface area contributed by atoms with E-state index in [1.807, 2.05) is 52.0 Å². The van der Waals surface area contributed by atoms with E-state index in [1.165, 1.54) is 31.1 Å². The fourth-order valence-corrected chi connectivity index (χ4v) is 6.84. The summed E-state index contributed by atoms with van der Waals surface area (Å²) in [5.41, 5.74) is 2.18. The van der Waals surface area contributed by atoms with Gasteiger partial charge in [-0.25, -0.2) is 4.98 Å². The molecule has 3 heterocycles. The van der Waals surface area contributed by atoms with Crippen molar-refractivity contribution in [3.8, 4) is 11.5 Å². The highest BCUT2D eigenvalue weighted by atomic mass is 16.5. The molecule has 0 saturated carbocycles. The van der Waals surface area contributed by atoms with E-state index in [2.05, 4.69) is 36.6 Å². The second-order valence-corrected chi connectivity index (χ2v) is 15.7. The largest absolute Gasteiger partial charge is 0.506 e. The number of pyridine rings is 1. The minimum Gasteiger partial charge on any atom is -0.506 e. The molecule has 1 aliphatic heterocycles. The lowest BCUT2D eigenvalue weighted by Crippen LogP contribution is -2.60. The molecule has 0 bridgehead atoms. The van der Waals surface area contributed by atoms with Crippen molar-refractivity contribution in [3.05, 3.63) is 89.9 Å². The Kier molecular flexibility index (Phi) is 14.7. The Bertz CT molecular complexity index is 2120. The predicted molar refractivity (Wildman–Crippen MR) is 220 cm³/mol. The minimum absolute atomic E-state index is 0.0239. The molecule has 16 nitrogen and oxygen atoms in total. The molecule has 1 saturated heterocycles. The third-order valence-electron chi connectivity index (χ3n) is 10.2. The Morgan fingerprint density at radius 2 is 1.47 bits per heavy atom. The summed E-state index contributed by atoms with van der Waals surface area (Å²) in [6, 6.07) is 11.8. The number of hydrogen-bond acceptors (Lipinski definition) is 9. The van der Waals surface area contributed by atoms with Gasteiger partial charge in [-0.05, 0) is 66.6 Å². The lowest BCUT2D eigenvalue weighted by molar-refractivity contribution is -0.135. The number of rotatable bonds is 9. The van der Waals surface area contributed by atoms with Gasteiger partial charge in [0.15, 0.2) is 0 Å². The van der Waals surface area contributed by atoms with Crippen LogP contribution in [-0.4, -0.2) is 106 Å². The summed E-state index contributed by atoms with van der Waals surface area (Å²) in [7, 11) is 1.53. The second kappa shape index (κ2) is 19.8. The summed E-state index contributed by atoms with van der Waals surface area (Å²) >= 11 is 0. The van der Waals surface area contributed by atoms with Crippen LogP contribution in [0.15, 0.2) is 73.1 Å². The zero-order valence-corrected chi connectivity index (χ0v) is 34.2. The van der Waals surface area contributed by atoms with Gasteiger partial charge in [0.1, 0.15) is 41.4 Å². The van der Waals surface area contributed by atoms with Crippen molar-refractivity contribution < 1.29 is 38.6 Å². The van der Waals surface area contributed by atoms with Crippen molar-refractivity contribution in [1.82, 2.24) is 41.5 Å². The molecule has 59 heavy (non-hydrogen) atoms. The van der Waals surface area contributed by atoms with Crippen LogP contribution in [0.4, 0.5) is 0 Å². The molecule has 0 unspecified atom stereocenters. The Labute approximate surface area is 343 Å². The molecule has 0 aliphatic carbocycles. The number of nitrogens with one attached hydrogen (secondary N) is 6. The number of H-pyrrole nitrogens is 1. The van der Waals surface area contributed by atoms with Crippen LogP contribution in [0.25, 0.3) is 10.9 Å². The SMILES string of the molecule is COc1ccc(C[C@@H]2NC(=O)[C@H](CC(C)C)NC(=O)[C@@H](Cc3c[nH]c4ccccc34)NC(=O)CN(C(=O)c3ccc(O)cn3)C[C@H](C(C)C)NC(=O)[C@@H](C)NC2=O)cc1. The fraction of sp³-hybridized carbons (Fsp3) is 0.419. The van der Waals surface area contributed by atoms with Crippen molar-refractivity contribution in [1.29, 1.82) is 0 Å². The molecule has 0 radical (unpaired) electrons. The molecule has 2 aromatic heterocycles. The van der Waals surface area contributed by atoms with E-state index in [1.54, 1.807) is 30.5 Å². The molecule has 2 aromatic carbocycles. The van der Waals surface area contributed by atoms with Crippen molar-refractivity contribution in [2.75, 3.05) is 20.2 Å². The smallest absolute Gasteiger partial charge is 0.272 e. The van der Waals surface area contributed by atoms with Gasteiger partial charge < -0.3 is 46.3 Å². The monoisotopic (exact) mass is 810 g/mol. The van der Waals surface area contributed by atoms with E-state index in [9.17, 15) is 33.9 Å². The fourth-order valence-electron chi connectivity index (χ4n) is 6.84. The van der Waals surface area contributed by atoms with Gasteiger partial charge in [0.05, 0.1) is 19.9 Å². The number of methoxy groups -OCH3 is 1. The average molecular weight is 811 g/mol. The normalized spacial score (nSPS) is 21.5. The van der Waals surface area contributed by atoms with E-state index < -0.39 is 72.2 Å². The summed E-state index contributed by atoms with van der Waals surface area (Å²) in [5.74, 6) is -3.72. The maximum Gasteiger partial charge on any atom is 0.272 e. The number of hydrogen-bond donors (Lipinski definition) is 7. The maximum absolute atomic E-state index is 14.4. The molecular formula is C43H54N8O8. The van der Waals surface area contributed by atoms with E-state index >= 15 is 0 Å². The first-order valence-electron chi connectivity index (χ1n) is 19.7. The number of ether oxygens (including phenoxy) is 1. The Morgan fingerprint density at radius 1 is 0.814 bits per heavy atom. The van der Waals surface area contributed by atoms with Crippen molar-refractivity contribution in [3.63, 3.8) is 0 Å². The first kappa shape index (κ1) is 43.7. The van der Waals surface area contributed by atoms with Gasteiger partial charge in [-0.3, -0.25) is 28.8 Å². The minimum atomic E-state index is -1.22. The van der Waals surface area contributed by atoms with Crippen LogP contribution in [0.3, 0.4) is 0 Å². The highest BCUT2D eigenvalue weighted by Gasteiger charge is 2.34. The quantitative estimate of drug-likeness (QED) is 0.132. The Hall–Kier alpha value is -6.45. The van der Waals surface area contributed by atoms with Crippen molar-refractivity contribution in [2.24, 2.45) is 11.8 Å². The average Bonchev–Trinajstić information content (AvgIpc) is 3.61. The predicted octanol–water partition coefficient (Wildman–Crippen LogP) is 2.36. The number of carbonyl (C=O) groups excluding carboxylic acids is 6. The highest BCUT2D eigenvalue weighted by Crippen LogP contribution is 2.20. The summed E-state index contributed by atoms with van der Waals surface area (Å²) in [6.45, 7) is 8.25. The van der Waals surface area contributed by atoms with Crippen LogP contribution in [0, 0.1) is 11.8 Å². The number of aromatic hydroxyl groups is 1. The molecule has 1 aliphatic rings. The van der Waals surface area contributed by atoms with Gasteiger partial charge in [0, 0.05) is 42.5 Å². The molecule has 5 rings (SSSR count). The second-order valence-electron chi connectivity index (χ2n) is 15.7. The van der Waals surface area contributed by atoms with E-state index in [-0.39, 0.29) is 49.1 Å². The van der Waals surface area contributed by atoms with Gasteiger partial charge in [-0.1, -0.05) is 58.0 Å². The number of fused-ring (bicyclic) bond motifs is 1. The molecule has 314 valence electrons. The summed E-state index contributed by atoms with van der Waals surface area (Å²) in [5, 5.41) is 24.8. The number of aromatic amines is 1. The summed E-state index contributed by atoms with van der Waals surface area (Å²) in [6.07, 6.45) is 3.12. The number of para-hydroxylation sites is 1. The molecule has 16 heteroatoms. The number of amides is 6. The Morgan fingerprint density at radius 3 is 2.14 bits per heavy atom. The highest BCUT2D eigenvalue weighted by molar-refractivity contribution is 5.98. The van der Waals surface area contributed by atoms with Gasteiger partial charge in [0.25, 0.3) is 5.91 Å². The maximum atomic E-state index is 14.4. The van der Waals surface area contributed by atoms with Crippen LogP contribution in [0.2, 0.25) is 0 Å². The van der Waals surface area contributed by atoms with E-state index in [0.29, 0.717) is 11.3 Å². The molecule has 7 N–H and O–H groups in total. The summed E-state index contributed by atoms with van der Waals surface area (Å²) < 4.78 is 5.28. The topological polar surface area (TPSA) is 224 Å². The molecule has 4 aromatic rings. The lowest BCUT2D eigenvalue weighted by Gasteiger charge is -2.32. The molecule has 5 atom stereocenters. The first-order valence-corrected chi connectivity index (χ1v) is 19.7. The molecular weight excluding hydrogens is 757 g/mol. The number of aromatic nitrogens is 2. The molecule has 6 amide bonds. The van der Waals surface area contributed by atoms with Gasteiger partial charge in [-0.15, -0.1) is 0 Å². The van der Waals surface area contributed by atoms with Gasteiger partial charge in [-0.2, -0.15) is 0 Å². The van der Waals surface area contributed by atoms with Gasteiger partial charge >= 0.3 is 0 Å². The number of nitrogens with zero attached hydrogens (tertiary/aromatic N) is 2. The number of benzene rings is 2. The molecule has 1 fully saturated rings. The van der Waals surface area contributed by atoms with Crippen LogP contribution in [0.5, 0.6) is 11.5 Å². The van der Waals surface area contributed by atoms with Crippen LogP contribution < -0.4 is 31.3 Å². The zero-order valence-electron chi connectivity index (χ0n) is 34.2. The third-order valence-corrected chi connectivity index (χ3v) is 10.2. The third kappa shape index (κ3) is 11.8. The summed E-state index contributed by atoms with van der Waals surface area (Å²) in [4.78, 5) is 92.8. The van der Waals surface area contributed by atoms with Crippen LogP contribution >= 0.6 is 0 Å². The Balaban J connectivity index is 1.55. The van der Waals surface area contributed by atoms with Crippen molar-refractivity contribution in [2.45, 2.75) is 84.1 Å². The standard InChI is InChI=1S/C43H54N8O8/c1-24(2)17-34-41(56)49-35(18-27-11-14-30(59-6)15-12-27)40(55)46-26(5)39(54)50-37(25(3)4)22-51(43(58)33-16-13-29(52)21-45-33)23-38(53)47-36(42(57)48-34)19-28-20-44-32-10-8-7-9-31(28)32/h7-16,20-21,24-26,34-37,44,52H,17-19,22-23H2,1-6H3,(H,46,55)(H,47,53)(H,48,57)(H,49,56)(H,50,54)/t26-,34+,35+,36-,37-/m1/s1.